The molecule has 5 rings (SSSR count). The topological polar surface area (TPSA) is 127 Å². The molecule has 16 heteroatoms. The summed E-state index contributed by atoms with van der Waals surface area (Å²) >= 11 is 6.58. The predicted molar refractivity (Wildman–Crippen MR) is 154 cm³/mol. The molecule has 2 amide bonds. The Kier molecular flexibility index (Phi) is 9.25. The number of anilines is 1. The first-order valence-corrected chi connectivity index (χ1v) is 14.6. The van der Waals surface area contributed by atoms with E-state index in [-0.39, 0.29) is 16.4 Å². The van der Waals surface area contributed by atoms with Gasteiger partial charge in [-0.15, -0.1) is 11.3 Å². The van der Waals surface area contributed by atoms with Crippen molar-refractivity contribution in [2.24, 2.45) is 7.05 Å². The van der Waals surface area contributed by atoms with Gasteiger partial charge < -0.3 is 19.9 Å². The number of hydrogen-bond acceptors (Lipinski definition) is 9. The van der Waals surface area contributed by atoms with Gasteiger partial charge in [-0.3, -0.25) is 14.5 Å². The molecule has 1 saturated heterocycles. The van der Waals surface area contributed by atoms with Crippen molar-refractivity contribution in [1.29, 1.82) is 0 Å². The number of nitrogens with one attached hydrogen (secondary N) is 2. The SMILES string of the molecule is C[C@@H](NC(=O)c1ncnc2c1cc(CCCN1CCOCC1)n2C)c1ncc(C(=O)Nc2cc(C(F)(F)F)c(Cl)cn2)s1. The number of alkyl halides is 3. The van der Waals surface area contributed by atoms with Gasteiger partial charge in [-0.05, 0) is 38.4 Å². The summed E-state index contributed by atoms with van der Waals surface area (Å²) in [4.78, 5) is 45.0. The summed E-state index contributed by atoms with van der Waals surface area (Å²) in [6, 6.07) is 2.01. The highest BCUT2D eigenvalue weighted by molar-refractivity contribution is 7.13. The Balaban J connectivity index is 1.23. The van der Waals surface area contributed by atoms with E-state index >= 15 is 0 Å². The number of fused-ring (bicyclic) bond motifs is 1. The molecular weight excluding hydrogens is 609 g/mol. The normalized spacial score (nSPS) is 15.0. The lowest BCUT2D eigenvalue weighted by atomic mass is 10.2. The number of hydrogen-bond donors (Lipinski definition) is 2. The van der Waals surface area contributed by atoms with Crippen LogP contribution in [0, 0.1) is 0 Å². The van der Waals surface area contributed by atoms with E-state index in [4.69, 9.17) is 16.3 Å². The van der Waals surface area contributed by atoms with Crippen LogP contribution < -0.4 is 10.6 Å². The van der Waals surface area contributed by atoms with Gasteiger partial charge in [0.2, 0.25) is 0 Å². The minimum Gasteiger partial charge on any atom is -0.379 e. The molecule has 11 nitrogen and oxygen atoms in total. The molecule has 1 atom stereocenters. The predicted octanol–water partition coefficient (Wildman–Crippen LogP) is 4.50. The minimum atomic E-state index is -4.70. The van der Waals surface area contributed by atoms with Crippen LogP contribution in [0.25, 0.3) is 11.0 Å². The molecule has 4 aromatic rings. The quantitative estimate of drug-likeness (QED) is 0.275. The molecule has 0 aromatic carbocycles. The third kappa shape index (κ3) is 7.12. The van der Waals surface area contributed by atoms with E-state index in [9.17, 15) is 22.8 Å². The molecule has 0 aliphatic carbocycles. The molecule has 0 radical (unpaired) electrons. The zero-order valence-electron chi connectivity index (χ0n) is 23.2. The summed E-state index contributed by atoms with van der Waals surface area (Å²) in [6.45, 7) is 6.02. The minimum absolute atomic E-state index is 0.121. The van der Waals surface area contributed by atoms with Crippen molar-refractivity contribution in [3.05, 3.63) is 62.7 Å². The number of morpholine rings is 1. The van der Waals surface area contributed by atoms with Crippen molar-refractivity contribution in [2.45, 2.75) is 32.0 Å². The summed E-state index contributed by atoms with van der Waals surface area (Å²) in [5.74, 6) is -1.45. The molecule has 1 aliphatic rings. The van der Waals surface area contributed by atoms with Crippen molar-refractivity contribution in [1.82, 2.24) is 34.7 Å². The molecule has 1 aliphatic heterocycles. The van der Waals surface area contributed by atoms with E-state index < -0.39 is 34.6 Å². The number of aryl methyl sites for hydroxylation is 2. The number of pyridine rings is 1. The molecule has 0 bridgehead atoms. The van der Waals surface area contributed by atoms with Gasteiger partial charge in [0.25, 0.3) is 11.8 Å². The lowest BCUT2D eigenvalue weighted by Crippen LogP contribution is -2.37. The second-order valence-corrected chi connectivity index (χ2v) is 11.4. The van der Waals surface area contributed by atoms with Crippen LogP contribution in [0.15, 0.2) is 30.9 Å². The Hall–Kier alpha value is -3.66. The van der Waals surface area contributed by atoms with Crippen LogP contribution in [0.4, 0.5) is 19.0 Å². The monoisotopic (exact) mass is 636 g/mol. The van der Waals surface area contributed by atoms with E-state index in [0.717, 1.165) is 68.9 Å². The van der Waals surface area contributed by atoms with Crippen LogP contribution in [-0.4, -0.2) is 74.1 Å². The van der Waals surface area contributed by atoms with Gasteiger partial charge in [0.1, 0.15) is 33.4 Å². The Morgan fingerprint density at radius 3 is 2.63 bits per heavy atom. The van der Waals surface area contributed by atoms with Crippen LogP contribution in [0.5, 0.6) is 0 Å². The summed E-state index contributed by atoms with van der Waals surface area (Å²) < 4.78 is 46.8. The molecule has 4 aromatic heterocycles. The maximum Gasteiger partial charge on any atom is 0.418 e. The first-order chi connectivity index (χ1) is 20.5. The zero-order chi connectivity index (χ0) is 30.7. The third-order valence-electron chi connectivity index (χ3n) is 7.02. The Labute approximate surface area is 253 Å². The van der Waals surface area contributed by atoms with E-state index in [0.29, 0.717) is 22.1 Å². The Bertz CT molecular complexity index is 1640. The zero-order valence-corrected chi connectivity index (χ0v) is 24.8. The maximum absolute atomic E-state index is 13.3. The van der Waals surface area contributed by atoms with E-state index in [1.165, 1.54) is 12.5 Å². The maximum atomic E-state index is 13.3. The van der Waals surface area contributed by atoms with Gasteiger partial charge in [-0.1, -0.05) is 11.6 Å². The highest BCUT2D eigenvalue weighted by Crippen LogP contribution is 2.35. The van der Waals surface area contributed by atoms with Gasteiger partial charge in [-0.25, -0.2) is 19.9 Å². The molecular formula is C27H28ClF3N8O3S. The van der Waals surface area contributed by atoms with Gasteiger partial charge in [0, 0.05) is 32.0 Å². The number of thiazole rings is 1. The largest absolute Gasteiger partial charge is 0.418 e. The fraction of sp³-hybridized carbons (Fsp3) is 0.407. The Morgan fingerprint density at radius 2 is 1.88 bits per heavy atom. The average Bonchev–Trinajstić information content (AvgIpc) is 3.60. The van der Waals surface area contributed by atoms with E-state index in [1.54, 1.807) is 6.92 Å². The Morgan fingerprint density at radius 1 is 1.12 bits per heavy atom. The number of carbonyl (C=O) groups excluding carboxylic acids is 2. The lowest BCUT2D eigenvalue weighted by Gasteiger charge is -2.26. The van der Waals surface area contributed by atoms with Gasteiger partial charge in [-0.2, -0.15) is 13.2 Å². The highest BCUT2D eigenvalue weighted by atomic mass is 35.5. The van der Waals surface area contributed by atoms with Crippen molar-refractivity contribution < 1.29 is 27.5 Å². The van der Waals surface area contributed by atoms with Crippen molar-refractivity contribution in [2.75, 3.05) is 38.2 Å². The second-order valence-electron chi connectivity index (χ2n) is 9.97. The molecule has 43 heavy (non-hydrogen) atoms. The number of aromatic nitrogens is 5. The summed E-state index contributed by atoms with van der Waals surface area (Å²) in [5.41, 5.74) is 0.791. The first-order valence-electron chi connectivity index (χ1n) is 13.4. The van der Waals surface area contributed by atoms with Gasteiger partial charge >= 0.3 is 6.18 Å². The number of amides is 2. The van der Waals surface area contributed by atoms with E-state index in [2.05, 4.69) is 35.5 Å². The summed E-state index contributed by atoms with van der Waals surface area (Å²) in [6.07, 6.45) is 0.510. The van der Waals surface area contributed by atoms with Crippen LogP contribution in [0.1, 0.15) is 55.8 Å². The molecule has 0 unspecified atom stereocenters. The van der Waals surface area contributed by atoms with Crippen molar-refractivity contribution in [3.8, 4) is 0 Å². The molecule has 5 heterocycles. The lowest BCUT2D eigenvalue weighted by molar-refractivity contribution is -0.137. The standard InChI is InChI=1S/C27H28ClF3N8O3S/c1-15(26-33-13-20(43-26)24(40)37-21-11-18(27(29,30)31)19(28)12-32-21)36-25(41)22-17-10-16(38(2)23(17)35-14-34-22)4-3-5-39-6-8-42-9-7-39/h10-15H,3-9H2,1-2H3,(H,36,41)(H,32,37,40)/t15-/m1/s1. The van der Waals surface area contributed by atoms with Crippen LogP contribution in [0.3, 0.4) is 0 Å². The first kappa shape index (κ1) is 30.8. The molecule has 2 N–H and O–H groups in total. The molecule has 1 fully saturated rings. The van der Waals surface area contributed by atoms with Crippen LogP contribution in [0.2, 0.25) is 5.02 Å². The fourth-order valence-corrected chi connectivity index (χ4v) is 5.76. The van der Waals surface area contributed by atoms with E-state index in [1.807, 2.05) is 17.7 Å². The summed E-state index contributed by atoms with van der Waals surface area (Å²) in [7, 11) is 1.91. The summed E-state index contributed by atoms with van der Waals surface area (Å²) in [5, 5.41) is 5.65. The van der Waals surface area contributed by atoms with Crippen molar-refractivity contribution >= 4 is 51.6 Å². The second kappa shape index (κ2) is 12.9. The highest BCUT2D eigenvalue weighted by Gasteiger charge is 2.34. The van der Waals surface area contributed by atoms with Gasteiger partial charge in [0.15, 0.2) is 0 Å². The number of nitrogens with zero attached hydrogens (tertiary/aromatic N) is 6. The fourth-order valence-electron chi connectivity index (χ4n) is 4.74. The molecule has 0 saturated carbocycles. The van der Waals surface area contributed by atoms with Crippen LogP contribution in [-0.2, 0) is 24.4 Å². The molecule has 228 valence electrons. The number of halogens is 4. The molecule has 0 spiro atoms. The third-order valence-corrected chi connectivity index (χ3v) is 8.50. The number of rotatable bonds is 9. The van der Waals surface area contributed by atoms with Gasteiger partial charge in [0.05, 0.1) is 41.4 Å². The number of carbonyl (C=O) groups is 2. The number of ether oxygens (including phenoxy) is 1. The smallest absolute Gasteiger partial charge is 0.379 e. The van der Waals surface area contributed by atoms with Crippen molar-refractivity contribution in [3.63, 3.8) is 0 Å². The van der Waals surface area contributed by atoms with Crippen LogP contribution >= 0.6 is 22.9 Å². The average molecular weight is 637 g/mol.